The monoisotopic (exact) mass is 259 g/mol. The third-order valence-corrected chi connectivity index (χ3v) is 4.25. The van der Waals surface area contributed by atoms with E-state index in [0.29, 0.717) is 6.54 Å². The zero-order chi connectivity index (χ0) is 13.1. The van der Waals surface area contributed by atoms with Crippen molar-refractivity contribution in [3.8, 4) is 0 Å². The van der Waals surface area contributed by atoms with Crippen LogP contribution in [0.4, 0.5) is 5.82 Å². The van der Waals surface area contributed by atoms with Gasteiger partial charge in [-0.1, -0.05) is 18.9 Å². The van der Waals surface area contributed by atoms with Gasteiger partial charge in [-0.05, 0) is 30.9 Å². The highest BCUT2D eigenvalue weighted by Crippen LogP contribution is 2.26. The highest BCUT2D eigenvalue weighted by molar-refractivity contribution is 5.82. The van der Waals surface area contributed by atoms with E-state index < -0.39 is 0 Å². The quantitative estimate of drug-likeness (QED) is 0.832. The third kappa shape index (κ3) is 2.88. The van der Waals surface area contributed by atoms with Gasteiger partial charge in [0.15, 0.2) is 0 Å². The highest BCUT2D eigenvalue weighted by atomic mass is 16.2. The molecule has 4 nitrogen and oxygen atoms in total. The molecule has 102 valence electrons. The number of aromatic nitrogens is 1. The first-order valence-electron chi connectivity index (χ1n) is 7.27. The maximum atomic E-state index is 12.2. The molecule has 1 aromatic rings. The average molecular weight is 259 g/mol. The van der Waals surface area contributed by atoms with E-state index in [-0.39, 0.29) is 5.91 Å². The molecule has 1 aromatic heterocycles. The van der Waals surface area contributed by atoms with Crippen molar-refractivity contribution < 1.29 is 4.79 Å². The molecule has 2 heterocycles. The van der Waals surface area contributed by atoms with Crippen LogP contribution in [0.1, 0.15) is 25.7 Å². The number of anilines is 1. The first-order chi connectivity index (χ1) is 9.33. The Hall–Kier alpha value is -1.58. The van der Waals surface area contributed by atoms with Crippen LogP contribution in [0.15, 0.2) is 24.4 Å². The van der Waals surface area contributed by atoms with Gasteiger partial charge in [0.1, 0.15) is 5.82 Å². The Labute approximate surface area is 114 Å². The second kappa shape index (κ2) is 5.59. The second-order valence-electron chi connectivity index (χ2n) is 5.60. The van der Waals surface area contributed by atoms with Gasteiger partial charge in [-0.3, -0.25) is 4.79 Å². The van der Waals surface area contributed by atoms with Crippen molar-refractivity contribution in [2.45, 2.75) is 25.7 Å². The lowest BCUT2D eigenvalue weighted by molar-refractivity contribution is -0.131. The fraction of sp³-hybridized carbons (Fsp3) is 0.600. The zero-order valence-electron chi connectivity index (χ0n) is 11.3. The number of piperazine rings is 1. The first kappa shape index (κ1) is 12.5. The summed E-state index contributed by atoms with van der Waals surface area (Å²) in [7, 11) is 0. The summed E-state index contributed by atoms with van der Waals surface area (Å²) < 4.78 is 0. The fourth-order valence-corrected chi connectivity index (χ4v) is 3.14. The lowest BCUT2D eigenvalue weighted by atomic mass is 10.1. The van der Waals surface area contributed by atoms with Crippen LogP contribution in [0.3, 0.4) is 0 Å². The normalized spacial score (nSPS) is 21.2. The van der Waals surface area contributed by atoms with E-state index >= 15 is 0 Å². The van der Waals surface area contributed by atoms with Crippen molar-refractivity contribution in [3.05, 3.63) is 24.4 Å². The molecule has 0 atom stereocenters. The standard InChI is InChI=1S/C15H21N3O/c19-15-12-17(14-7-3-4-8-16-14)9-10-18(15)11-13-5-1-2-6-13/h3-4,7-8,13H,1-2,5-6,9-12H2. The highest BCUT2D eigenvalue weighted by Gasteiger charge is 2.27. The summed E-state index contributed by atoms with van der Waals surface area (Å²) >= 11 is 0. The van der Waals surface area contributed by atoms with Gasteiger partial charge >= 0.3 is 0 Å². The first-order valence-corrected chi connectivity index (χ1v) is 7.27. The molecule has 0 N–H and O–H groups in total. The Kier molecular flexibility index (Phi) is 3.67. The van der Waals surface area contributed by atoms with Gasteiger partial charge in [0.05, 0.1) is 6.54 Å². The van der Waals surface area contributed by atoms with Crippen molar-refractivity contribution in [3.63, 3.8) is 0 Å². The second-order valence-corrected chi connectivity index (χ2v) is 5.60. The minimum absolute atomic E-state index is 0.254. The van der Waals surface area contributed by atoms with Gasteiger partial charge < -0.3 is 9.80 Å². The maximum Gasteiger partial charge on any atom is 0.242 e. The molecule has 1 aliphatic carbocycles. The van der Waals surface area contributed by atoms with E-state index in [2.05, 4.69) is 14.8 Å². The Bertz CT molecular complexity index is 428. The minimum Gasteiger partial charge on any atom is -0.346 e. The molecule has 1 amide bonds. The van der Waals surface area contributed by atoms with E-state index in [4.69, 9.17) is 0 Å². The van der Waals surface area contributed by atoms with E-state index in [1.807, 2.05) is 18.2 Å². The SMILES string of the molecule is O=C1CN(c2ccccn2)CCN1CC1CCCC1. The molecule has 4 heteroatoms. The van der Waals surface area contributed by atoms with Crippen LogP contribution in [-0.4, -0.2) is 42.0 Å². The maximum absolute atomic E-state index is 12.2. The number of amides is 1. The van der Waals surface area contributed by atoms with E-state index in [1.165, 1.54) is 25.7 Å². The molecule has 2 aliphatic rings. The van der Waals surface area contributed by atoms with Gasteiger partial charge in [-0.25, -0.2) is 4.98 Å². The number of carbonyl (C=O) groups excluding carboxylic acids is 1. The summed E-state index contributed by atoms with van der Waals surface area (Å²) in [5, 5.41) is 0. The fourth-order valence-electron chi connectivity index (χ4n) is 3.14. The molecule has 0 radical (unpaired) electrons. The number of hydrogen-bond acceptors (Lipinski definition) is 3. The molecule has 0 bridgehead atoms. The van der Waals surface area contributed by atoms with Crippen LogP contribution < -0.4 is 4.90 Å². The summed E-state index contributed by atoms with van der Waals surface area (Å²) in [4.78, 5) is 20.7. The minimum atomic E-state index is 0.254. The average Bonchev–Trinajstić information content (AvgIpc) is 2.95. The largest absolute Gasteiger partial charge is 0.346 e. The zero-order valence-corrected chi connectivity index (χ0v) is 11.3. The summed E-state index contributed by atoms with van der Waals surface area (Å²) in [6.45, 7) is 3.18. The Morgan fingerprint density at radius 2 is 2.05 bits per heavy atom. The van der Waals surface area contributed by atoms with Crippen LogP contribution in [-0.2, 0) is 4.79 Å². The van der Waals surface area contributed by atoms with Crippen LogP contribution in [0.5, 0.6) is 0 Å². The smallest absolute Gasteiger partial charge is 0.242 e. The van der Waals surface area contributed by atoms with Crippen molar-refractivity contribution in [1.82, 2.24) is 9.88 Å². The molecule has 19 heavy (non-hydrogen) atoms. The van der Waals surface area contributed by atoms with Gasteiger partial charge in [-0.2, -0.15) is 0 Å². The Balaban J connectivity index is 1.58. The molecule has 3 rings (SSSR count). The Morgan fingerprint density at radius 1 is 1.21 bits per heavy atom. The summed E-state index contributed by atoms with van der Waals surface area (Å²) in [5.74, 6) is 1.91. The molecule has 2 fully saturated rings. The summed E-state index contributed by atoms with van der Waals surface area (Å²) in [6.07, 6.45) is 7.06. The topological polar surface area (TPSA) is 36.4 Å². The van der Waals surface area contributed by atoms with Crippen LogP contribution in [0.2, 0.25) is 0 Å². The molecule has 1 aliphatic heterocycles. The third-order valence-electron chi connectivity index (χ3n) is 4.25. The summed E-state index contributed by atoms with van der Waals surface area (Å²) in [6, 6.07) is 5.85. The number of rotatable bonds is 3. The van der Waals surface area contributed by atoms with Crippen LogP contribution in [0.25, 0.3) is 0 Å². The summed E-state index contributed by atoms with van der Waals surface area (Å²) in [5.41, 5.74) is 0. The van der Waals surface area contributed by atoms with E-state index in [0.717, 1.165) is 31.4 Å². The lowest BCUT2D eigenvalue weighted by Gasteiger charge is -2.36. The van der Waals surface area contributed by atoms with Gasteiger partial charge in [-0.15, -0.1) is 0 Å². The van der Waals surface area contributed by atoms with Gasteiger partial charge in [0.25, 0.3) is 0 Å². The number of carbonyl (C=O) groups is 1. The lowest BCUT2D eigenvalue weighted by Crippen LogP contribution is -2.51. The molecule has 0 unspecified atom stereocenters. The van der Waals surface area contributed by atoms with Gasteiger partial charge in [0.2, 0.25) is 5.91 Å². The Morgan fingerprint density at radius 3 is 2.74 bits per heavy atom. The number of nitrogens with zero attached hydrogens (tertiary/aromatic N) is 3. The van der Waals surface area contributed by atoms with Gasteiger partial charge in [0, 0.05) is 25.8 Å². The van der Waals surface area contributed by atoms with Crippen molar-refractivity contribution in [1.29, 1.82) is 0 Å². The molecule has 0 aromatic carbocycles. The van der Waals surface area contributed by atoms with E-state index in [9.17, 15) is 4.79 Å². The van der Waals surface area contributed by atoms with Crippen molar-refractivity contribution in [2.24, 2.45) is 5.92 Å². The van der Waals surface area contributed by atoms with Crippen molar-refractivity contribution in [2.75, 3.05) is 31.1 Å². The van der Waals surface area contributed by atoms with Crippen LogP contribution >= 0.6 is 0 Å². The number of hydrogen-bond donors (Lipinski definition) is 0. The predicted molar refractivity (Wildman–Crippen MR) is 75.0 cm³/mol. The molecule has 1 saturated heterocycles. The molecule has 1 saturated carbocycles. The number of pyridine rings is 1. The molecular formula is C15H21N3O. The molecular weight excluding hydrogens is 238 g/mol. The van der Waals surface area contributed by atoms with Crippen molar-refractivity contribution >= 4 is 11.7 Å². The molecule has 0 spiro atoms. The van der Waals surface area contributed by atoms with E-state index in [1.54, 1.807) is 6.20 Å². The predicted octanol–water partition coefficient (Wildman–Crippen LogP) is 1.92. The van der Waals surface area contributed by atoms with Crippen LogP contribution in [0, 0.1) is 5.92 Å².